The number of ketones is 1. The number of carbonyl (C=O) groups is 1. The SMILES string of the molecule is CC(=O)CCCN1CCCCCC1. The molecule has 0 amide bonds. The molecule has 2 nitrogen and oxygen atoms in total. The molecule has 0 saturated carbocycles. The Morgan fingerprint density at radius 2 is 1.77 bits per heavy atom. The minimum Gasteiger partial charge on any atom is -0.303 e. The molecule has 1 heterocycles. The fourth-order valence-corrected chi connectivity index (χ4v) is 1.91. The Kier molecular flexibility index (Phi) is 5.06. The summed E-state index contributed by atoms with van der Waals surface area (Å²) in [6, 6.07) is 0. The van der Waals surface area contributed by atoms with Crippen LogP contribution in [0.2, 0.25) is 0 Å². The van der Waals surface area contributed by atoms with Crippen molar-refractivity contribution in [3.8, 4) is 0 Å². The maximum absolute atomic E-state index is 10.7. The summed E-state index contributed by atoms with van der Waals surface area (Å²) in [6.45, 7) is 5.30. The van der Waals surface area contributed by atoms with Gasteiger partial charge in [-0.05, 0) is 45.8 Å². The predicted molar refractivity (Wildman–Crippen MR) is 54.8 cm³/mol. The smallest absolute Gasteiger partial charge is 0.129 e. The summed E-state index contributed by atoms with van der Waals surface area (Å²) in [5.41, 5.74) is 0. The molecule has 0 aromatic heterocycles. The van der Waals surface area contributed by atoms with Crippen molar-refractivity contribution in [3.05, 3.63) is 0 Å². The summed E-state index contributed by atoms with van der Waals surface area (Å²) < 4.78 is 0. The van der Waals surface area contributed by atoms with E-state index in [2.05, 4.69) is 4.90 Å². The van der Waals surface area contributed by atoms with Gasteiger partial charge in [0.15, 0.2) is 0 Å². The second-order valence-electron chi connectivity index (χ2n) is 4.06. The van der Waals surface area contributed by atoms with E-state index in [9.17, 15) is 4.79 Å². The van der Waals surface area contributed by atoms with E-state index in [1.807, 2.05) is 0 Å². The van der Waals surface area contributed by atoms with E-state index in [0.717, 1.165) is 19.4 Å². The van der Waals surface area contributed by atoms with Crippen LogP contribution in [-0.2, 0) is 4.79 Å². The zero-order chi connectivity index (χ0) is 9.52. The molecule has 1 fully saturated rings. The van der Waals surface area contributed by atoms with Crippen LogP contribution in [-0.4, -0.2) is 30.3 Å². The zero-order valence-corrected chi connectivity index (χ0v) is 8.72. The molecule has 0 spiro atoms. The number of Topliss-reactive ketones (excluding diaryl/α,β-unsaturated/α-hetero) is 1. The lowest BCUT2D eigenvalue weighted by Gasteiger charge is -2.18. The summed E-state index contributed by atoms with van der Waals surface area (Å²) in [7, 11) is 0. The third-order valence-corrected chi connectivity index (χ3v) is 2.70. The van der Waals surface area contributed by atoms with Gasteiger partial charge in [0, 0.05) is 6.42 Å². The van der Waals surface area contributed by atoms with Gasteiger partial charge >= 0.3 is 0 Å². The number of hydrogen-bond acceptors (Lipinski definition) is 2. The molecule has 0 aromatic carbocycles. The Bertz CT molecular complexity index is 148. The van der Waals surface area contributed by atoms with Crippen LogP contribution in [0.1, 0.15) is 45.4 Å². The molecule has 0 aliphatic carbocycles. The van der Waals surface area contributed by atoms with E-state index < -0.39 is 0 Å². The van der Waals surface area contributed by atoms with Crippen LogP contribution in [0.4, 0.5) is 0 Å². The number of nitrogens with zero attached hydrogens (tertiary/aromatic N) is 1. The number of rotatable bonds is 4. The van der Waals surface area contributed by atoms with Crippen LogP contribution in [0.3, 0.4) is 0 Å². The molecular formula is C11H21NO. The van der Waals surface area contributed by atoms with Crippen molar-refractivity contribution in [2.45, 2.75) is 45.4 Å². The van der Waals surface area contributed by atoms with Gasteiger partial charge in [0.2, 0.25) is 0 Å². The predicted octanol–water partition coefficient (Wildman–Crippen LogP) is 2.23. The molecule has 13 heavy (non-hydrogen) atoms. The highest BCUT2D eigenvalue weighted by Crippen LogP contribution is 2.10. The average Bonchev–Trinajstić information content (AvgIpc) is 2.32. The fraction of sp³-hybridized carbons (Fsp3) is 0.909. The molecule has 76 valence electrons. The maximum Gasteiger partial charge on any atom is 0.129 e. The Balaban J connectivity index is 2.08. The van der Waals surface area contributed by atoms with Crippen molar-refractivity contribution in [2.75, 3.05) is 19.6 Å². The Morgan fingerprint density at radius 3 is 2.31 bits per heavy atom. The fourth-order valence-electron chi connectivity index (χ4n) is 1.91. The number of hydrogen-bond donors (Lipinski definition) is 0. The van der Waals surface area contributed by atoms with Crippen molar-refractivity contribution in [1.29, 1.82) is 0 Å². The monoisotopic (exact) mass is 183 g/mol. The first-order valence-corrected chi connectivity index (χ1v) is 5.51. The van der Waals surface area contributed by atoms with E-state index in [4.69, 9.17) is 0 Å². The largest absolute Gasteiger partial charge is 0.303 e. The third kappa shape index (κ3) is 5.04. The Labute approximate surface area is 81.3 Å². The summed E-state index contributed by atoms with van der Waals surface area (Å²) in [5.74, 6) is 0.329. The summed E-state index contributed by atoms with van der Waals surface area (Å²) in [4.78, 5) is 13.2. The second-order valence-corrected chi connectivity index (χ2v) is 4.06. The van der Waals surface area contributed by atoms with E-state index in [1.54, 1.807) is 6.92 Å². The molecule has 0 aromatic rings. The van der Waals surface area contributed by atoms with Gasteiger partial charge in [-0.3, -0.25) is 0 Å². The highest BCUT2D eigenvalue weighted by Gasteiger charge is 2.08. The van der Waals surface area contributed by atoms with Crippen LogP contribution in [0.5, 0.6) is 0 Å². The van der Waals surface area contributed by atoms with Crippen molar-refractivity contribution in [1.82, 2.24) is 4.90 Å². The van der Waals surface area contributed by atoms with E-state index in [1.165, 1.54) is 38.8 Å². The van der Waals surface area contributed by atoms with Gasteiger partial charge in [0.1, 0.15) is 5.78 Å². The highest BCUT2D eigenvalue weighted by atomic mass is 16.1. The Morgan fingerprint density at radius 1 is 1.15 bits per heavy atom. The minimum atomic E-state index is 0.329. The van der Waals surface area contributed by atoms with E-state index in [-0.39, 0.29) is 0 Å². The van der Waals surface area contributed by atoms with Gasteiger partial charge in [-0.1, -0.05) is 12.8 Å². The van der Waals surface area contributed by atoms with Crippen LogP contribution in [0.15, 0.2) is 0 Å². The second kappa shape index (κ2) is 6.14. The highest BCUT2D eigenvalue weighted by molar-refractivity contribution is 5.75. The topological polar surface area (TPSA) is 20.3 Å². The van der Waals surface area contributed by atoms with Crippen LogP contribution >= 0.6 is 0 Å². The van der Waals surface area contributed by atoms with E-state index >= 15 is 0 Å². The molecule has 0 N–H and O–H groups in total. The molecule has 0 bridgehead atoms. The first-order valence-electron chi connectivity index (χ1n) is 5.51. The molecule has 1 saturated heterocycles. The Hall–Kier alpha value is -0.370. The minimum absolute atomic E-state index is 0.329. The molecule has 1 rings (SSSR count). The summed E-state index contributed by atoms with van der Waals surface area (Å²) in [6.07, 6.45) is 7.29. The van der Waals surface area contributed by atoms with Crippen LogP contribution in [0.25, 0.3) is 0 Å². The number of carbonyl (C=O) groups excluding carboxylic acids is 1. The summed E-state index contributed by atoms with van der Waals surface area (Å²) in [5, 5.41) is 0. The molecular weight excluding hydrogens is 162 g/mol. The quantitative estimate of drug-likeness (QED) is 0.666. The molecule has 0 unspecified atom stereocenters. The maximum atomic E-state index is 10.7. The van der Waals surface area contributed by atoms with Crippen molar-refractivity contribution in [3.63, 3.8) is 0 Å². The van der Waals surface area contributed by atoms with Crippen LogP contribution in [0, 0.1) is 0 Å². The average molecular weight is 183 g/mol. The van der Waals surface area contributed by atoms with Crippen molar-refractivity contribution >= 4 is 5.78 Å². The molecule has 2 heteroatoms. The normalized spacial score (nSPS) is 19.8. The standard InChI is InChI=1S/C11H21NO/c1-11(13)7-6-10-12-8-4-2-3-5-9-12/h2-10H2,1H3. The van der Waals surface area contributed by atoms with Gasteiger partial charge in [-0.2, -0.15) is 0 Å². The van der Waals surface area contributed by atoms with Gasteiger partial charge in [0.05, 0.1) is 0 Å². The van der Waals surface area contributed by atoms with Crippen LogP contribution < -0.4 is 0 Å². The zero-order valence-electron chi connectivity index (χ0n) is 8.72. The lowest BCUT2D eigenvalue weighted by atomic mass is 10.2. The van der Waals surface area contributed by atoms with Crippen molar-refractivity contribution in [2.24, 2.45) is 0 Å². The third-order valence-electron chi connectivity index (χ3n) is 2.70. The molecule has 1 aliphatic rings. The molecule has 1 aliphatic heterocycles. The first kappa shape index (κ1) is 10.7. The van der Waals surface area contributed by atoms with E-state index in [0.29, 0.717) is 5.78 Å². The summed E-state index contributed by atoms with van der Waals surface area (Å²) >= 11 is 0. The lowest BCUT2D eigenvalue weighted by molar-refractivity contribution is -0.117. The molecule has 0 radical (unpaired) electrons. The first-order chi connectivity index (χ1) is 6.29. The lowest BCUT2D eigenvalue weighted by Crippen LogP contribution is -2.25. The van der Waals surface area contributed by atoms with Crippen molar-refractivity contribution < 1.29 is 4.79 Å². The molecule has 0 atom stereocenters. The number of likely N-dealkylation sites (tertiary alicyclic amines) is 1. The van der Waals surface area contributed by atoms with Gasteiger partial charge in [-0.15, -0.1) is 0 Å². The van der Waals surface area contributed by atoms with Gasteiger partial charge in [-0.25, -0.2) is 0 Å². The van der Waals surface area contributed by atoms with Gasteiger partial charge in [0.25, 0.3) is 0 Å². The van der Waals surface area contributed by atoms with Gasteiger partial charge < -0.3 is 9.69 Å².